The third kappa shape index (κ3) is 1.82. The molecule has 0 aromatic carbocycles. The summed E-state index contributed by atoms with van der Waals surface area (Å²) in [5.74, 6) is 0. The Balaban J connectivity index is 0.000000845. The standard InChI is InChI=1S/C9H11N3.ClH/c1-7(10)8-2-3-9-11-4-5-12(9)6-8;/h2-7H,10H2,1H3;1H/t7-;/m0./s1. The van der Waals surface area contributed by atoms with Gasteiger partial charge in [0, 0.05) is 24.6 Å². The number of hydrogen-bond donors (Lipinski definition) is 1. The van der Waals surface area contributed by atoms with Gasteiger partial charge in [0.1, 0.15) is 5.65 Å². The van der Waals surface area contributed by atoms with Crippen LogP contribution in [0.2, 0.25) is 0 Å². The van der Waals surface area contributed by atoms with Crippen LogP contribution in [0, 0.1) is 0 Å². The van der Waals surface area contributed by atoms with E-state index in [4.69, 9.17) is 5.73 Å². The summed E-state index contributed by atoms with van der Waals surface area (Å²) in [4.78, 5) is 4.14. The smallest absolute Gasteiger partial charge is 0.136 e. The molecular weight excluding hydrogens is 186 g/mol. The predicted octanol–water partition coefficient (Wildman–Crippen LogP) is 1.78. The van der Waals surface area contributed by atoms with Crippen molar-refractivity contribution in [1.82, 2.24) is 9.38 Å². The van der Waals surface area contributed by atoms with Crippen LogP contribution in [-0.4, -0.2) is 9.38 Å². The second-order valence-corrected chi connectivity index (χ2v) is 2.94. The molecule has 3 nitrogen and oxygen atoms in total. The van der Waals surface area contributed by atoms with Crippen LogP contribution in [0.5, 0.6) is 0 Å². The minimum absolute atomic E-state index is 0. The maximum Gasteiger partial charge on any atom is 0.136 e. The summed E-state index contributed by atoms with van der Waals surface area (Å²) in [6, 6.07) is 4.06. The largest absolute Gasteiger partial charge is 0.324 e. The van der Waals surface area contributed by atoms with Crippen LogP contribution in [-0.2, 0) is 0 Å². The van der Waals surface area contributed by atoms with E-state index in [1.807, 2.05) is 35.9 Å². The molecule has 1 atom stereocenters. The van der Waals surface area contributed by atoms with Gasteiger partial charge in [-0.3, -0.25) is 0 Å². The number of pyridine rings is 1. The third-order valence-corrected chi connectivity index (χ3v) is 1.94. The minimum Gasteiger partial charge on any atom is -0.324 e. The quantitative estimate of drug-likeness (QED) is 0.758. The molecule has 2 aromatic rings. The number of aromatic nitrogens is 2. The van der Waals surface area contributed by atoms with E-state index in [1.54, 1.807) is 6.20 Å². The van der Waals surface area contributed by atoms with Crippen molar-refractivity contribution in [3.8, 4) is 0 Å². The van der Waals surface area contributed by atoms with Crippen molar-refractivity contribution < 1.29 is 0 Å². The van der Waals surface area contributed by atoms with E-state index in [0.717, 1.165) is 11.2 Å². The molecule has 2 N–H and O–H groups in total. The molecule has 0 aliphatic carbocycles. The molecule has 2 heterocycles. The van der Waals surface area contributed by atoms with Gasteiger partial charge in [0.25, 0.3) is 0 Å². The molecule has 0 saturated carbocycles. The topological polar surface area (TPSA) is 43.3 Å². The first-order valence-electron chi connectivity index (χ1n) is 3.95. The highest BCUT2D eigenvalue weighted by atomic mass is 35.5. The van der Waals surface area contributed by atoms with Gasteiger partial charge in [-0.2, -0.15) is 0 Å². The second-order valence-electron chi connectivity index (χ2n) is 2.94. The van der Waals surface area contributed by atoms with Crippen LogP contribution in [0.15, 0.2) is 30.7 Å². The highest BCUT2D eigenvalue weighted by Crippen LogP contribution is 2.10. The molecule has 0 fully saturated rings. The molecule has 2 aromatic heterocycles. The van der Waals surface area contributed by atoms with E-state index in [9.17, 15) is 0 Å². The third-order valence-electron chi connectivity index (χ3n) is 1.94. The van der Waals surface area contributed by atoms with Crippen LogP contribution in [0.3, 0.4) is 0 Å². The van der Waals surface area contributed by atoms with E-state index in [0.29, 0.717) is 0 Å². The first kappa shape index (κ1) is 10.0. The first-order chi connectivity index (χ1) is 5.77. The summed E-state index contributed by atoms with van der Waals surface area (Å²) >= 11 is 0. The molecule has 0 aliphatic heterocycles. The highest BCUT2D eigenvalue weighted by Gasteiger charge is 1.99. The normalized spacial score (nSPS) is 12.5. The SMILES string of the molecule is C[C@H](N)c1ccc2nccn2c1.Cl. The minimum atomic E-state index is 0. The average Bonchev–Trinajstić information content (AvgIpc) is 2.49. The fraction of sp³-hybridized carbons (Fsp3) is 0.222. The zero-order valence-electron chi connectivity index (χ0n) is 7.34. The molecule has 13 heavy (non-hydrogen) atoms. The lowest BCUT2D eigenvalue weighted by Gasteiger charge is -2.04. The number of hydrogen-bond acceptors (Lipinski definition) is 2. The van der Waals surface area contributed by atoms with Gasteiger partial charge < -0.3 is 10.1 Å². The number of nitrogens with zero attached hydrogens (tertiary/aromatic N) is 2. The maximum atomic E-state index is 5.74. The molecule has 0 radical (unpaired) electrons. The average molecular weight is 198 g/mol. The fourth-order valence-corrected chi connectivity index (χ4v) is 1.21. The lowest BCUT2D eigenvalue weighted by molar-refractivity contribution is 0.808. The molecule has 0 saturated heterocycles. The van der Waals surface area contributed by atoms with E-state index >= 15 is 0 Å². The molecule has 0 unspecified atom stereocenters. The second kappa shape index (κ2) is 3.77. The van der Waals surface area contributed by atoms with Crippen molar-refractivity contribution in [2.24, 2.45) is 5.73 Å². The molecule has 4 heteroatoms. The Morgan fingerprint density at radius 3 is 2.92 bits per heavy atom. The van der Waals surface area contributed by atoms with Gasteiger partial charge in [0.2, 0.25) is 0 Å². The maximum absolute atomic E-state index is 5.74. The van der Waals surface area contributed by atoms with E-state index in [1.165, 1.54) is 0 Å². The van der Waals surface area contributed by atoms with Gasteiger partial charge in [0.05, 0.1) is 0 Å². The van der Waals surface area contributed by atoms with Crippen molar-refractivity contribution in [3.63, 3.8) is 0 Å². The predicted molar refractivity (Wildman–Crippen MR) is 55.0 cm³/mol. The van der Waals surface area contributed by atoms with Crippen molar-refractivity contribution in [2.45, 2.75) is 13.0 Å². The Bertz CT molecular complexity index is 394. The summed E-state index contributed by atoms with van der Waals surface area (Å²) in [7, 11) is 0. The number of nitrogens with two attached hydrogens (primary N) is 1. The van der Waals surface area contributed by atoms with Crippen molar-refractivity contribution in [1.29, 1.82) is 0 Å². The van der Waals surface area contributed by atoms with E-state index in [-0.39, 0.29) is 18.4 Å². The fourth-order valence-electron chi connectivity index (χ4n) is 1.21. The molecule has 70 valence electrons. The summed E-state index contributed by atoms with van der Waals surface area (Å²) in [6.07, 6.45) is 5.70. The van der Waals surface area contributed by atoms with E-state index < -0.39 is 0 Å². The Morgan fingerprint density at radius 2 is 2.23 bits per heavy atom. The number of rotatable bonds is 1. The zero-order valence-corrected chi connectivity index (χ0v) is 8.16. The van der Waals surface area contributed by atoms with Crippen molar-refractivity contribution in [2.75, 3.05) is 0 Å². The van der Waals surface area contributed by atoms with Gasteiger partial charge in [0.15, 0.2) is 0 Å². The number of fused-ring (bicyclic) bond motifs is 1. The van der Waals surface area contributed by atoms with Crippen molar-refractivity contribution >= 4 is 18.1 Å². The molecule has 0 amide bonds. The summed E-state index contributed by atoms with van der Waals surface area (Å²) in [5.41, 5.74) is 7.82. The van der Waals surface area contributed by atoms with Gasteiger partial charge >= 0.3 is 0 Å². The molecule has 0 aliphatic rings. The van der Waals surface area contributed by atoms with Gasteiger partial charge in [-0.05, 0) is 18.6 Å². The van der Waals surface area contributed by atoms with Gasteiger partial charge in [-0.25, -0.2) is 4.98 Å². The lowest BCUT2D eigenvalue weighted by Crippen LogP contribution is -2.05. The summed E-state index contributed by atoms with van der Waals surface area (Å²) in [6.45, 7) is 1.97. The molecule has 0 bridgehead atoms. The first-order valence-corrected chi connectivity index (χ1v) is 3.95. The van der Waals surface area contributed by atoms with Crippen LogP contribution in [0.1, 0.15) is 18.5 Å². The van der Waals surface area contributed by atoms with Crippen LogP contribution >= 0.6 is 12.4 Å². The van der Waals surface area contributed by atoms with Crippen LogP contribution in [0.25, 0.3) is 5.65 Å². The molecular formula is C9H12ClN3. The molecule has 2 rings (SSSR count). The highest BCUT2D eigenvalue weighted by molar-refractivity contribution is 5.85. The summed E-state index contributed by atoms with van der Waals surface area (Å²) in [5, 5.41) is 0. The van der Waals surface area contributed by atoms with E-state index in [2.05, 4.69) is 4.98 Å². The Hall–Kier alpha value is -1.06. The monoisotopic (exact) mass is 197 g/mol. The molecule has 0 spiro atoms. The van der Waals surface area contributed by atoms with Crippen LogP contribution in [0.4, 0.5) is 0 Å². The number of halogens is 1. The van der Waals surface area contributed by atoms with Crippen molar-refractivity contribution in [3.05, 3.63) is 36.3 Å². The summed E-state index contributed by atoms with van der Waals surface area (Å²) < 4.78 is 1.97. The Labute approximate surface area is 83.0 Å². The van der Waals surface area contributed by atoms with Gasteiger partial charge in [-0.15, -0.1) is 12.4 Å². The van der Waals surface area contributed by atoms with Gasteiger partial charge in [-0.1, -0.05) is 6.07 Å². The Kier molecular flexibility index (Phi) is 2.90. The Morgan fingerprint density at radius 1 is 1.46 bits per heavy atom. The van der Waals surface area contributed by atoms with Crippen LogP contribution < -0.4 is 5.73 Å². The lowest BCUT2D eigenvalue weighted by atomic mass is 10.2. The number of imidazole rings is 1. The zero-order chi connectivity index (χ0) is 8.55.